The number of aromatic nitrogens is 2. The van der Waals surface area contributed by atoms with Crippen molar-refractivity contribution in [1.82, 2.24) is 9.55 Å². The van der Waals surface area contributed by atoms with Crippen molar-refractivity contribution in [2.75, 3.05) is 5.32 Å². The van der Waals surface area contributed by atoms with E-state index < -0.39 is 17.3 Å². The van der Waals surface area contributed by atoms with Crippen LogP contribution in [0.5, 0.6) is 0 Å². The molecule has 1 aromatic heterocycles. The maximum Gasteiger partial charge on any atom is 0.229 e. The molecule has 1 heterocycles. The van der Waals surface area contributed by atoms with Gasteiger partial charge < -0.3 is 9.67 Å². The molecule has 1 fully saturated rings. The number of hydrogen-bond acceptors (Lipinski definition) is 4. The molecule has 7 heteroatoms. The number of halogens is 1. The molecule has 1 atom stereocenters. The average Bonchev–Trinajstić information content (AvgIpc) is 3.02. The molecule has 0 saturated heterocycles. The molecule has 1 aliphatic carbocycles. The lowest BCUT2D eigenvalue weighted by atomic mass is 9.78. The number of fused-ring (bicyclic) bond motifs is 1. The van der Waals surface area contributed by atoms with Gasteiger partial charge in [0.1, 0.15) is 5.82 Å². The first kappa shape index (κ1) is 20.0. The SMILES string of the molecule is CC(O)(CC(=O)Nc1nc2ccc(C#N)cc2n1C1(C)CCC1)c1cccc(F)c1. The predicted octanol–water partition coefficient (Wildman–Crippen LogP) is 4.18. The second-order valence-corrected chi connectivity index (χ2v) is 8.45. The van der Waals surface area contributed by atoms with E-state index in [2.05, 4.69) is 23.3 Å². The van der Waals surface area contributed by atoms with Crippen LogP contribution in [0.1, 0.15) is 50.7 Å². The Morgan fingerprint density at radius 3 is 2.77 bits per heavy atom. The minimum atomic E-state index is -1.53. The molecule has 30 heavy (non-hydrogen) atoms. The molecule has 3 aromatic rings. The van der Waals surface area contributed by atoms with E-state index >= 15 is 0 Å². The van der Waals surface area contributed by atoms with E-state index in [0.717, 1.165) is 24.8 Å². The number of carbonyl (C=O) groups is 1. The Labute approximate surface area is 174 Å². The summed E-state index contributed by atoms with van der Waals surface area (Å²) in [5.41, 5.74) is 0.612. The van der Waals surface area contributed by atoms with E-state index in [1.54, 1.807) is 24.3 Å². The van der Waals surface area contributed by atoms with Crippen molar-refractivity contribution in [1.29, 1.82) is 5.26 Å². The van der Waals surface area contributed by atoms with E-state index in [0.29, 0.717) is 22.6 Å². The van der Waals surface area contributed by atoms with Gasteiger partial charge in [-0.25, -0.2) is 9.37 Å². The average molecular weight is 406 g/mol. The number of hydrogen-bond donors (Lipinski definition) is 2. The summed E-state index contributed by atoms with van der Waals surface area (Å²) in [4.78, 5) is 17.4. The van der Waals surface area contributed by atoms with Gasteiger partial charge in [-0.2, -0.15) is 5.26 Å². The molecule has 0 bridgehead atoms. The summed E-state index contributed by atoms with van der Waals surface area (Å²) in [5, 5.41) is 22.9. The Bertz CT molecular complexity index is 1170. The third-order valence-electron chi connectivity index (χ3n) is 5.96. The largest absolute Gasteiger partial charge is 0.385 e. The van der Waals surface area contributed by atoms with Gasteiger partial charge in [0.2, 0.25) is 11.9 Å². The van der Waals surface area contributed by atoms with Gasteiger partial charge in [-0.05, 0) is 69.0 Å². The van der Waals surface area contributed by atoms with Crippen molar-refractivity contribution in [2.45, 2.75) is 50.7 Å². The number of benzene rings is 2. The van der Waals surface area contributed by atoms with Crippen LogP contribution < -0.4 is 5.32 Å². The van der Waals surface area contributed by atoms with Gasteiger partial charge in [-0.1, -0.05) is 12.1 Å². The van der Waals surface area contributed by atoms with Gasteiger partial charge in [-0.15, -0.1) is 0 Å². The summed E-state index contributed by atoms with van der Waals surface area (Å²) in [6, 6.07) is 13.0. The lowest BCUT2D eigenvalue weighted by molar-refractivity contribution is -0.120. The molecule has 4 rings (SSSR count). The zero-order chi connectivity index (χ0) is 21.5. The Balaban J connectivity index is 1.66. The van der Waals surface area contributed by atoms with Crippen molar-refractivity contribution in [2.24, 2.45) is 0 Å². The molecule has 0 radical (unpaired) electrons. The molecular formula is C23H23FN4O2. The number of imidazole rings is 1. The molecule has 1 aliphatic rings. The summed E-state index contributed by atoms with van der Waals surface area (Å²) < 4.78 is 15.5. The van der Waals surface area contributed by atoms with Crippen LogP contribution in [0.3, 0.4) is 0 Å². The summed E-state index contributed by atoms with van der Waals surface area (Å²) in [6.07, 6.45) is 2.72. The van der Waals surface area contributed by atoms with Crippen LogP contribution in [-0.2, 0) is 15.9 Å². The van der Waals surface area contributed by atoms with Crippen molar-refractivity contribution < 1.29 is 14.3 Å². The van der Waals surface area contributed by atoms with Crippen LogP contribution in [-0.4, -0.2) is 20.6 Å². The highest BCUT2D eigenvalue weighted by Gasteiger charge is 2.37. The summed E-state index contributed by atoms with van der Waals surface area (Å²) in [5.74, 6) is -0.507. The Kier molecular flexibility index (Phi) is 4.83. The second kappa shape index (κ2) is 7.22. The Morgan fingerprint density at radius 2 is 2.13 bits per heavy atom. The first-order valence-corrected chi connectivity index (χ1v) is 9.93. The first-order valence-electron chi connectivity index (χ1n) is 9.93. The third kappa shape index (κ3) is 3.55. The number of rotatable bonds is 5. The molecule has 1 unspecified atom stereocenters. The van der Waals surface area contributed by atoms with Crippen LogP contribution in [0, 0.1) is 17.1 Å². The topological polar surface area (TPSA) is 90.9 Å². The van der Waals surface area contributed by atoms with Gasteiger partial charge >= 0.3 is 0 Å². The van der Waals surface area contributed by atoms with Gasteiger partial charge in [0, 0.05) is 5.54 Å². The lowest BCUT2D eigenvalue weighted by Gasteiger charge is -2.41. The van der Waals surface area contributed by atoms with Crippen LogP contribution in [0.15, 0.2) is 42.5 Å². The third-order valence-corrected chi connectivity index (χ3v) is 5.96. The summed E-state index contributed by atoms with van der Waals surface area (Å²) in [7, 11) is 0. The number of nitrogens with one attached hydrogen (secondary N) is 1. The van der Waals surface area contributed by atoms with E-state index in [1.807, 2.05) is 4.57 Å². The van der Waals surface area contributed by atoms with Gasteiger partial charge in [0.15, 0.2) is 0 Å². The van der Waals surface area contributed by atoms with Crippen molar-refractivity contribution in [3.63, 3.8) is 0 Å². The normalized spacial score (nSPS) is 17.0. The lowest BCUT2D eigenvalue weighted by Crippen LogP contribution is -2.38. The van der Waals surface area contributed by atoms with E-state index in [1.165, 1.54) is 25.1 Å². The highest BCUT2D eigenvalue weighted by atomic mass is 19.1. The fourth-order valence-electron chi connectivity index (χ4n) is 4.09. The van der Waals surface area contributed by atoms with E-state index in [4.69, 9.17) is 0 Å². The van der Waals surface area contributed by atoms with Gasteiger partial charge in [0.05, 0.1) is 34.7 Å². The summed E-state index contributed by atoms with van der Waals surface area (Å²) >= 11 is 0. The Morgan fingerprint density at radius 1 is 1.37 bits per heavy atom. The zero-order valence-electron chi connectivity index (χ0n) is 16.9. The van der Waals surface area contributed by atoms with Gasteiger partial charge in [-0.3, -0.25) is 10.1 Å². The molecule has 1 amide bonds. The Hall–Kier alpha value is -3.24. The van der Waals surface area contributed by atoms with Crippen molar-refractivity contribution in [3.05, 3.63) is 59.4 Å². The van der Waals surface area contributed by atoms with Crippen molar-refractivity contribution >= 4 is 22.9 Å². The molecule has 154 valence electrons. The fourth-order valence-corrected chi connectivity index (χ4v) is 4.09. The number of amides is 1. The number of nitriles is 1. The monoisotopic (exact) mass is 406 g/mol. The number of anilines is 1. The number of nitrogens with zero attached hydrogens (tertiary/aromatic N) is 3. The molecule has 0 aliphatic heterocycles. The minimum absolute atomic E-state index is 0.198. The smallest absolute Gasteiger partial charge is 0.229 e. The molecule has 0 spiro atoms. The molecule has 1 saturated carbocycles. The maximum atomic E-state index is 13.5. The van der Waals surface area contributed by atoms with Crippen LogP contribution in [0.25, 0.3) is 11.0 Å². The van der Waals surface area contributed by atoms with Crippen LogP contribution in [0.2, 0.25) is 0 Å². The van der Waals surface area contributed by atoms with Crippen LogP contribution >= 0.6 is 0 Å². The standard InChI is InChI=1S/C23H23FN4O2/c1-22(9-4-10-22)28-19-11-15(14-25)7-8-18(19)26-21(28)27-20(29)13-23(2,30)16-5-3-6-17(24)12-16/h3,5-8,11-12,30H,4,9-10,13H2,1-2H3,(H,26,27,29). The summed E-state index contributed by atoms with van der Waals surface area (Å²) in [6.45, 7) is 3.59. The predicted molar refractivity (Wildman–Crippen MR) is 111 cm³/mol. The molecule has 2 N–H and O–H groups in total. The fraction of sp³-hybridized carbons (Fsp3) is 0.348. The quantitative estimate of drug-likeness (QED) is 0.665. The van der Waals surface area contributed by atoms with Gasteiger partial charge in [0.25, 0.3) is 0 Å². The van der Waals surface area contributed by atoms with E-state index in [-0.39, 0.29) is 12.0 Å². The second-order valence-electron chi connectivity index (χ2n) is 8.45. The van der Waals surface area contributed by atoms with Crippen molar-refractivity contribution in [3.8, 4) is 6.07 Å². The first-order chi connectivity index (χ1) is 14.2. The number of aliphatic hydroxyl groups is 1. The molecule has 2 aromatic carbocycles. The molecular weight excluding hydrogens is 383 g/mol. The highest BCUT2D eigenvalue weighted by Crippen LogP contribution is 2.43. The zero-order valence-corrected chi connectivity index (χ0v) is 16.9. The van der Waals surface area contributed by atoms with E-state index in [9.17, 15) is 19.6 Å². The molecule has 6 nitrogen and oxygen atoms in total. The minimum Gasteiger partial charge on any atom is -0.385 e. The number of carbonyl (C=O) groups excluding carboxylic acids is 1. The van der Waals surface area contributed by atoms with Crippen LogP contribution in [0.4, 0.5) is 10.3 Å². The highest BCUT2D eigenvalue weighted by molar-refractivity contribution is 5.92. The maximum absolute atomic E-state index is 13.5.